The standard InChI is InChI=1S/C15H15FN2O2/c1-10-3-6-12(7-4-10)17-15(19)18-13-8-5-11(16)9-14(13)20-2/h3-9H,1-2H3,(H2,17,18,19). The SMILES string of the molecule is COc1cc(F)ccc1NC(=O)Nc1ccc(C)cc1. The number of benzene rings is 2. The summed E-state index contributed by atoms with van der Waals surface area (Å²) in [5.74, 6) is -0.157. The molecule has 0 bridgehead atoms. The van der Waals surface area contributed by atoms with E-state index in [1.165, 1.54) is 25.3 Å². The Labute approximate surface area is 116 Å². The fraction of sp³-hybridized carbons (Fsp3) is 0.133. The first-order chi connectivity index (χ1) is 9.58. The second-order valence-electron chi connectivity index (χ2n) is 4.29. The lowest BCUT2D eigenvalue weighted by molar-refractivity contribution is 0.262. The minimum atomic E-state index is -0.425. The van der Waals surface area contributed by atoms with E-state index in [1.807, 2.05) is 19.1 Å². The number of carbonyl (C=O) groups is 1. The number of halogens is 1. The largest absolute Gasteiger partial charge is 0.494 e. The van der Waals surface area contributed by atoms with Gasteiger partial charge in [0.15, 0.2) is 0 Å². The van der Waals surface area contributed by atoms with Crippen LogP contribution >= 0.6 is 0 Å². The van der Waals surface area contributed by atoms with Gasteiger partial charge in [-0.25, -0.2) is 9.18 Å². The van der Waals surface area contributed by atoms with Gasteiger partial charge in [-0.15, -0.1) is 0 Å². The fourth-order valence-electron chi connectivity index (χ4n) is 1.69. The highest BCUT2D eigenvalue weighted by atomic mass is 19.1. The van der Waals surface area contributed by atoms with Gasteiger partial charge in [-0.05, 0) is 31.2 Å². The van der Waals surface area contributed by atoms with Crippen LogP contribution < -0.4 is 15.4 Å². The number of ether oxygens (including phenoxy) is 1. The van der Waals surface area contributed by atoms with E-state index >= 15 is 0 Å². The molecule has 0 saturated heterocycles. The zero-order valence-corrected chi connectivity index (χ0v) is 11.2. The molecule has 0 saturated carbocycles. The quantitative estimate of drug-likeness (QED) is 0.894. The first-order valence-corrected chi connectivity index (χ1v) is 6.06. The average Bonchev–Trinajstić information content (AvgIpc) is 2.43. The summed E-state index contributed by atoms with van der Waals surface area (Å²) < 4.78 is 18.1. The normalized spacial score (nSPS) is 9.95. The predicted molar refractivity (Wildman–Crippen MR) is 76.8 cm³/mol. The molecule has 0 aliphatic carbocycles. The molecule has 0 spiro atoms. The first-order valence-electron chi connectivity index (χ1n) is 6.06. The molecule has 104 valence electrons. The van der Waals surface area contributed by atoms with Gasteiger partial charge < -0.3 is 15.4 Å². The van der Waals surface area contributed by atoms with Crippen molar-refractivity contribution in [2.75, 3.05) is 17.7 Å². The van der Waals surface area contributed by atoms with E-state index < -0.39 is 11.8 Å². The molecule has 2 aromatic rings. The maximum Gasteiger partial charge on any atom is 0.323 e. The lowest BCUT2D eigenvalue weighted by Gasteiger charge is -2.11. The molecule has 0 aliphatic rings. The third-order valence-electron chi connectivity index (χ3n) is 2.72. The molecule has 0 atom stereocenters. The fourth-order valence-corrected chi connectivity index (χ4v) is 1.69. The van der Waals surface area contributed by atoms with E-state index in [-0.39, 0.29) is 5.75 Å². The van der Waals surface area contributed by atoms with Crippen LogP contribution in [0.2, 0.25) is 0 Å². The molecule has 5 heteroatoms. The molecule has 2 rings (SSSR count). The highest BCUT2D eigenvalue weighted by Gasteiger charge is 2.08. The van der Waals surface area contributed by atoms with Crippen molar-refractivity contribution in [1.82, 2.24) is 0 Å². The van der Waals surface area contributed by atoms with Gasteiger partial charge in [0.25, 0.3) is 0 Å². The second kappa shape index (κ2) is 6.06. The number of urea groups is 1. The van der Waals surface area contributed by atoms with E-state index in [0.717, 1.165) is 5.56 Å². The van der Waals surface area contributed by atoms with Crippen LogP contribution in [0.5, 0.6) is 5.75 Å². The smallest absolute Gasteiger partial charge is 0.323 e. The van der Waals surface area contributed by atoms with E-state index in [0.29, 0.717) is 11.4 Å². The minimum Gasteiger partial charge on any atom is -0.494 e. The van der Waals surface area contributed by atoms with Crippen LogP contribution in [0.25, 0.3) is 0 Å². The van der Waals surface area contributed by atoms with Crippen LogP contribution in [0.3, 0.4) is 0 Å². The number of nitrogens with one attached hydrogen (secondary N) is 2. The Bertz CT molecular complexity index is 612. The van der Waals surface area contributed by atoms with Gasteiger partial charge in [-0.2, -0.15) is 0 Å². The van der Waals surface area contributed by atoms with Gasteiger partial charge in [0.05, 0.1) is 12.8 Å². The van der Waals surface area contributed by atoms with Crippen LogP contribution in [-0.4, -0.2) is 13.1 Å². The molecule has 2 amide bonds. The summed E-state index contributed by atoms with van der Waals surface area (Å²) in [5.41, 5.74) is 2.18. The number of hydrogen-bond acceptors (Lipinski definition) is 2. The molecule has 2 aromatic carbocycles. The number of hydrogen-bond donors (Lipinski definition) is 2. The van der Waals surface area contributed by atoms with Crippen molar-refractivity contribution in [2.24, 2.45) is 0 Å². The van der Waals surface area contributed by atoms with Gasteiger partial charge in [-0.1, -0.05) is 17.7 Å². The molecular weight excluding hydrogens is 259 g/mol. The summed E-state index contributed by atoms with van der Waals surface area (Å²) in [7, 11) is 1.41. The topological polar surface area (TPSA) is 50.4 Å². The number of anilines is 2. The zero-order chi connectivity index (χ0) is 14.5. The minimum absolute atomic E-state index is 0.268. The lowest BCUT2D eigenvalue weighted by Crippen LogP contribution is -2.19. The molecule has 4 nitrogen and oxygen atoms in total. The molecule has 2 N–H and O–H groups in total. The Hall–Kier alpha value is -2.56. The van der Waals surface area contributed by atoms with Crippen LogP contribution in [0.1, 0.15) is 5.56 Å². The number of rotatable bonds is 3. The van der Waals surface area contributed by atoms with Crippen LogP contribution in [0.4, 0.5) is 20.6 Å². The molecule has 0 radical (unpaired) electrons. The Morgan fingerprint density at radius 2 is 1.80 bits per heavy atom. The summed E-state index contributed by atoms with van der Waals surface area (Å²) in [5, 5.41) is 5.29. The highest BCUT2D eigenvalue weighted by Crippen LogP contribution is 2.25. The van der Waals surface area contributed by atoms with E-state index in [9.17, 15) is 9.18 Å². The van der Waals surface area contributed by atoms with Gasteiger partial charge in [0.1, 0.15) is 11.6 Å². The van der Waals surface area contributed by atoms with Crippen LogP contribution in [0, 0.1) is 12.7 Å². The Morgan fingerprint density at radius 3 is 2.45 bits per heavy atom. The van der Waals surface area contributed by atoms with Crippen molar-refractivity contribution < 1.29 is 13.9 Å². The molecular formula is C15H15FN2O2. The van der Waals surface area contributed by atoms with Crippen molar-refractivity contribution in [3.63, 3.8) is 0 Å². The van der Waals surface area contributed by atoms with Crippen molar-refractivity contribution >= 4 is 17.4 Å². The van der Waals surface area contributed by atoms with Crippen LogP contribution in [-0.2, 0) is 0 Å². The second-order valence-corrected chi connectivity index (χ2v) is 4.29. The van der Waals surface area contributed by atoms with Crippen molar-refractivity contribution in [2.45, 2.75) is 6.92 Å². The molecule has 0 fully saturated rings. The average molecular weight is 274 g/mol. The molecule has 20 heavy (non-hydrogen) atoms. The van der Waals surface area contributed by atoms with Crippen molar-refractivity contribution in [3.05, 3.63) is 53.8 Å². The van der Waals surface area contributed by atoms with Crippen molar-refractivity contribution in [1.29, 1.82) is 0 Å². The molecule has 0 heterocycles. The Balaban J connectivity index is 2.06. The van der Waals surface area contributed by atoms with E-state index in [2.05, 4.69) is 10.6 Å². The van der Waals surface area contributed by atoms with Crippen LogP contribution in [0.15, 0.2) is 42.5 Å². The highest BCUT2D eigenvalue weighted by molar-refractivity contribution is 6.00. The predicted octanol–water partition coefficient (Wildman–Crippen LogP) is 3.79. The molecule has 0 aromatic heterocycles. The number of aryl methyl sites for hydroxylation is 1. The molecule has 0 aliphatic heterocycles. The zero-order valence-electron chi connectivity index (χ0n) is 11.2. The number of carbonyl (C=O) groups excluding carboxylic acids is 1. The van der Waals surface area contributed by atoms with Crippen molar-refractivity contribution in [3.8, 4) is 5.75 Å². The third-order valence-corrected chi connectivity index (χ3v) is 2.72. The van der Waals surface area contributed by atoms with Gasteiger partial charge in [0, 0.05) is 11.8 Å². The van der Waals surface area contributed by atoms with E-state index in [4.69, 9.17) is 4.74 Å². The maximum absolute atomic E-state index is 13.0. The summed E-state index contributed by atoms with van der Waals surface area (Å²) >= 11 is 0. The maximum atomic E-state index is 13.0. The van der Waals surface area contributed by atoms with E-state index in [1.54, 1.807) is 12.1 Å². The Morgan fingerprint density at radius 1 is 1.10 bits per heavy atom. The van der Waals surface area contributed by atoms with Gasteiger partial charge in [-0.3, -0.25) is 0 Å². The summed E-state index contributed by atoms with van der Waals surface area (Å²) in [6.07, 6.45) is 0. The number of methoxy groups -OCH3 is 1. The van der Waals surface area contributed by atoms with Gasteiger partial charge >= 0.3 is 6.03 Å². The summed E-state index contributed by atoms with van der Waals surface area (Å²) in [4.78, 5) is 11.8. The summed E-state index contributed by atoms with van der Waals surface area (Å²) in [6, 6.07) is 10.9. The number of amides is 2. The molecule has 0 unspecified atom stereocenters. The third kappa shape index (κ3) is 3.47. The first kappa shape index (κ1) is 13.9. The summed E-state index contributed by atoms with van der Waals surface area (Å²) in [6.45, 7) is 1.97. The van der Waals surface area contributed by atoms with Gasteiger partial charge in [0.2, 0.25) is 0 Å². The Kier molecular flexibility index (Phi) is 4.20. The lowest BCUT2D eigenvalue weighted by atomic mass is 10.2. The monoisotopic (exact) mass is 274 g/mol.